The van der Waals surface area contributed by atoms with Crippen molar-refractivity contribution in [1.29, 1.82) is 0 Å². The normalized spacial score (nSPS) is 13.1. The van der Waals surface area contributed by atoms with E-state index < -0.39 is 5.97 Å². The minimum atomic E-state index is -0.546. The Bertz CT molecular complexity index is 812. The van der Waals surface area contributed by atoms with Crippen LogP contribution in [0.15, 0.2) is 29.7 Å². The van der Waals surface area contributed by atoms with E-state index in [9.17, 15) is 14.5 Å². The molecule has 1 aliphatic rings. The number of imidazole rings is 1. The summed E-state index contributed by atoms with van der Waals surface area (Å²) in [5.74, 6) is -0.885. The Hall–Kier alpha value is -3.03. The number of aromatic nitrogens is 2. The second kappa shape index (κ2) is 5.64. The molecule has 3 rings (SSSR count). The third-order valence-corrected chi connectivity index (χ3v) is 3.66. The molecule has 1 aromatic carbocycles. The smallest absolute Gasteiger partial charge is 0.358 e. The van der Waals surface area contributed by atoms with E-state index >= 15 is 0 Å². The average molecular weight is 314 g/mol. The fourth-order valence-electron chi connectivity index (χ4n) is 2.61. The van der Waals surface area contributed by atoms with Gasteiger partial charge in [-0.15, -0.1) is 4.91 Å². The van der Waals surface area contributed by atoms with Gasteiger partial charge in [-0.3, -0.25) is 9.36 Å². The maximum Gasteiger partial charge on any atom is 0.358 e. The van der Waals surface area contributed by atoms with Crippen molar-refractivity contribution in [3.05, 3.63) is 46.4 Å². The summed E-state index contributed by atoms with van der Waals surface area (Å²) in [4.78, 5) is 41.2. The Labute approximate surface area is 131 Å². The molecular weight excluding hydrogens is 300 g/mol. The van der Waals surface area contributed by atoms with E-state index in [-0.39, 0.29) is 36.0 Å². The summed E-state index contributed by atoms with van der Waals surface area (Å²) < 4.78 is 6.62. The summed E-state index contributed by atoms with van der Waals surface area (Å²) in [6.07, 6.45) is 1.45. The zero-order valence-corrected chi connectivity index (χ0v) is 12.6. The van der Waals surface area contributed by atoms with E-state index in [2.05, 4.69) is 10.2 Å². The van der Waals surface area contributed by atoms with Crippen LogP contribution in [0.1, 0.15) is 33.5 Å². The molecule has 0 saturated carbocycles. The number of carbonyl (C=O) groups excluding carboxylic acids is 2. The lowest BCUT2D eigenvalue weighted by Crippen LogP contribution is -2.26. The summed E-state index contributed by atoms with van der Waals surface area (Å²) >= 11 is 0. The monoisotopic (exact) mass is 314 g/mol. The first-order valence-electron chi connectivity index (χ1n) is 7.04. The highest BCUT2D eigenvalue weighted by Gasteiger charge is 2.30. The van der Waals surface area contributed by atoms with Gasteiger partial charge < -0.3 is 9.64 Å². The van der Waals surface area contributed by atoms with E-state index in [1.165, 1.54) is 17.3 Å². The maximum atomic E-state index is 12.6. The highest BCUT2D eigenvalue weighted by atomic mass is 16.5. The fourth-order valence-corrected chi connectivity index (χ4v) is 2.61. The standard InChI is InChI=1S/C15H14N4O4/c1-3-23-15(21)13-11-7-18(2)14(20)12-9(17-22)5-4-6-10(12)19(11)8-16-13/h4-6,8H,3,7H2,1-2H3. The number of amides is 1. The third kappa shape index (κ3) is 2.28. The molecule has 118 valence electrons. The molecule has 1 aromatic heterocycles. The second-order valence-corrected chi connectivity index (χ2v) is 5.05. The molecule has 23 heavy (non-hydrogen) atoms. The van der Waals surface area contributed by atoms with Gasteiger partial charge in [-0.25, -0.2) is 9.78 Å². The van der Waals surface area contributed by atoms with Crippen LogP contribution in [0.2, 0.25) is 0 Å². The minimum Gasteiger partial charge on any atom is -0.461 e. The van der Waals surface area contributed by atoms with Crippen LogP contribution in [0.3, 0.4) is 0 Å². The third-order valence-electron chi connectivity index (χ3n) is 3.66. The van der Waals surface area contributed by atoms with Crippen LogP contribution in [-0.2, 0) is 11.3 Å². The van der Waals surface area contributed by atoms with Gasteiger partial charge in [0.05, 0.1) is 30.1 Å². The van der Waals surface area contributed by atoms with Gasteiger partial charge in [-0.2, -0.15) is 0 Å². The number of carbonyl (C=O) groups is 2. The Kier molecular flexibility index (Phi) is 3.65. The first-order chi connectivity index (χ1) is 11.1. The first-order valence-corrected chi connectivity index (χ1v) is 7.04. The van der Waals surface area contributed by atoms with Gasteiger partial charge in [0, 0.05) is 7.05 Å². The lowest BCUT2D eigenvalue weighted by molar-refractivity contribution is 0.0516. The van der Waals surface area contributed by atoms with Crippen LogP contribution in [0.5, 0.6) is 0 Å². The number of fused-ring (bicyclic) bond motifs is 3. The summed E-state index contributed by atoms with van der Waals surface area (Å²) in [5.41, 5.74) is 1.40. The predicted molar refractivity (Wildman–Crippen MR) is 80.8 cm³/mol. The van der Waals surface area contributed by atoms with Gasteiger partial charge in [0.2, 0.25) is 0 Å². The molecule has 1 amide bonds. The van der Waals surface area contributed by atoms with E-state index in [4.69, 9.17) is 4.74 Å². The van der Waals surface area contributed by atoms with E-state index in [0.29, 0.717) is 11.4 Å². The molecule has 0 fully saturated rings. The van der Waals surface area contributed by atoms with Crippen molar-refractivity contribution < 1.29 is 14.3 Å². The molecule has 0 atom stereocenters. The molecule has 0 bridgehead atoms. The van der Waals surface area contributed by atoms with Crippen molar-refractivity contribution in [3.63, 3.8) is 0 Å². The number of rotatable bonds is 3. The number of benzene rings is 1. The molecule has 2 heterocycles. The number of esters is 1. The molecule has 0 N–H and O–H groups in total. The Morgan fingerprint density at radius 2 is 2.22 bits per heavy atom. The Balaban J connectivity index is 2.25. The molecule has 0 saturated heterocycles. The van der Waals surface area contributed by atoms with Crippen molar-refractivity contribution >= 4 is 17.6 Å². The van der Waals surface area contributed by atoms with Crippen molar-refractivity contribution in [2.75, 3.05) is 13.7 Å². The maximum absolute atomic E-state index is 12.6. The minimum absolute atomic E-state index is 0.0542. The summed E-state index contributed by atoms with van der Waals surface area (Å²) in [5, 5.41) is 2.93. The van der Waals surface area contributed by atoms with Crippen LogP contribution < -0.4 is 0 Å². The average Bonchev–Trinajstić information content (AvgIpc) is 2.92. The van der Waals surface area contributed by atoms with Crippen LogP contribution in [0, 0.1) is 4.91 Å². The highest BCUT2D eigenvalue weighted by molar-refractivity contribution is 6.03. The zero-order chi connectivity index (χ0) is 16.6. The summed E-state index contributed by atoms with van der Waals surface area (Å²) in [7, 11) is 1.59. The summed E-state index contributed by atoms with van der Waals surface area (Å²) in [6, 6.07) is 4.79. The van der Waals surface area contributed by atoms with Gasteiger partial charge in [0.25, 0.3) is 5.91 Å². The largest absolute Gasteiger partial charge is 0.461 e. The molecular formula is C15H14N4O4. The first kappa shape index (κ1) is 14.9. The molecule has 0 radical (unpaired) electrons. The van der Waals surface area contributed by atoms with E-state index in [0.717, 1.165) is 0 Å². The van der Waals surface area contributed by atoms with Crippen LogP contribution >= 0.6 is 0 Å². The zero-order valence-electron chi connectivity index (χ0n) is 12.6. The number of nitroso groups, excluding NO2 is 1. The Morgan fingerprint density at radius 1 is 1.43 bits per heavy atom. The molecule has 2 aromatic rings. The summed E-state index contributed by atoms with van der Waals surface area (Å²) in [6.45, 7) is 2.11. The number of hydrogen-bond donors (Lipinski definition) is 0. The van der Waals surface area contributed by atoms with Gasteiger partial charge in [-0.05, 0) is 24.2 Å². The van der Waals surface area contributed by atoms with E-state index in [1.54, 1.807) is 30.7 Å². The Morgan fingerprint density at radius 3 is 2.91 bits per heavy atom. The second-order valence-electron chi connectivity index (χ2n) is 5.05. The van der Waals surface area contributed by atoms with Crippen molar-refractivity contribution in [2.45, 2.75) is 13.5 Å². The van der Waals surface area contributed by atoms with Gasteiger partial charge in [0.15, 0.2) is 5.69 Å². The topological polar surface area (TPSA) is 93.9 Å². The lowest BCUT2D eigenvalue weighted by Gasteiger charge is -2.14. The molecule has 8 heteroatoms. The molecule has 0 spiro atoms. The predicted octanol–water partition coefficient (Wildman–Crippen LogP) is 2.03. The molecule has 0 aliphatic carbocycles. The SMILES string of the molecule is CCOC(=O)c1ncn2c1CN(C)C(=O)c1c(N=O)cccc1-2. The van der Waals surface area contributed by atoms with Gasteiger partial charge >= 0.3 is 5.97 Å². The molecule has 8 nitrogen and oxygen atoms in total. The van der Waals surface area contributed by atoms with Gasteiger partial charge in [-0.1, -0.05) is 6.07 Å². The van der Waals surface area contributed by atoms with Crippen molar-refractivity contribution in [1.82, 2.24) is 14.5 Å². The number of ether oxygens (including phenoxy) is 1. The molecule has 1 aliphatic heterocycles. The molecule has 0 unspecified atom stereocenters. The van der Waals surface area contributed by atoms with E-state index in [1.807, 2.05) is 0 Å². The fraction of sp³-hybridized carbons (Fsp3) is 0.267. The quantitative estimate of drug-likeness (QED) is 0.638. The highest BCUT2D eigenvalue weighted by Crippen LogP contribution is 2.31. The van der Waals surface area contributed by atoms with Crippen LogP contribution in [0.4, 0.5) is 5.69 Å². The van der Waals surface area contributed by atoms with Crippen LogP contribution in [-0.4, -0.2) is 40.0 Å². The van der Waals surface area contributed by atoms with Gasteiger partial charge in [0.1, 0.15) is 12.0 Å². The van der Waals surface area contributed by atoms with Crippen molar-refractivity contribution in [2.24, 2.45) is 5.18 Å². The lowest BCUT2D eigenvalue weighted by atomic mass is 10.1. The number of hydrogen-bond acceptors (Lipinski definition) is 6. The van der Waals surface area contributed by atoms with Crippen molar-refractivity contribution in [3.8, 4) is 5.69 Å². The number of nitrogens with zero attached hydrogens (tertiary/aromatic N) is 4. The van der Waals surface area contributed by atoms with Crippen LogP contribution in [0.25, 0.3) is 5.69 Å².